The van der Waals surface area contributed by atoms with E-state index in [1.165, 1.54) is 4.90 Å². The van der Waals surface area contributed by atoms with E-state index in [1.54, 1.807) is 17.9 Å². The van der Waals surface area contributed by atoms with Gasteiger partial charge in [-0.15, -0.1) is 0 Å². The summed E-state index contributed by atoms with van der Waals surface area (Å²) in [5, 5.41) is 13.0. The molecule has 0 aliphatic carbocycles. The van der Waals surface area contributed by atoms with Gasteiger partial charge in [-0.2, -0.15) is 5.10 Å². The molecule has 1 N–H and O–H groups in total. The quantitative estimate of drug-likeness (QED) is 0.888. The van der Waals surface area contributed by atoms with Crippen molar-refractivity contribution in [3.05, 3.63) is 47.3 Å². The molecule has 0 aliphatic heterocycles. The van der Waals surface area contributed by atoms with Gasteiger partial charge in [0.1, 0.15) is 0 Å². The van der Waals surface area contributed by atoms with Crippen molar-refractivity contribution in [1.82, 2.24) is 14.7 Å². The van der Waals surface area contributed by atoms with E-state index in [0.717, 1.165) is 16.9 Å². The fourth-order valence-electron chi connectivity index (χ4n) is 2.41. The van der Waals surface area contributed by atoms with Crippen molar-refractivity contribution in [2.24, 2.45) is 0 Å². The van der Waals surface area contributed by atoms with Gasteiger partial charge >= 0.3 is 5.97 Å². The third-order valence-corrected chi connectivity index (χ3v) is 3.72. The summed E-state index contributed by atoms with van der Waals surface area (Å²) < 4.78 is 1.74. The number of nitrogens with zero attached hydrogens (tertiary/aromatic N) is 3. The van der Waals surface area contributed by atoms with E-state index in [2.05, 4.69) is 5.10 Å². The van der Waals surface area contributed by atoms with Gasteiger partial charge in [-0.05, 0) is 38.0 Å². The zero-order valence-electron chi connectivity index (χ0n) is 13.6. The van der Waals surface area contributed by atoms with Crippen LogP contribution in [0.1, 0.15) is 34.5 Å². The fraction of sp³-hybridized carbons (Fsp3) is 0.353. The Labute approximate surface area is 135 Å². The fourth-order valence-corrected chi connectivity index (χ4v) is 2.41. The number of carbonyl (C=O) groups is 2. The van der Waals surface area contributed by atoms with Gasteiger partial charge in [-0.3, -0.25) is 9.59 Å². The summed E-state index contributed by atoms with van der Waals surface area (Å²) >= 11 is 0. The predicted molar refractivity (Wildman–Crippen MR) is 86.9 cm³/mol. The molecule has 1 heterocycles. The maximum Gasteiger partial charge on any atom is 0.303 e. The molecule has 0 atom stereocenters. The highest BCUT2D eigenvalue weighted by atomic mass is 16.4. The van der Waals surface area contributed by atoms with Gasteiger partial charge in [0.05, 0.1) is 23.1 Å². The van der Waals surface area contributed by atoms with Crippen LogP contribution in [0.15, 0.2) is 30.5 Å². The Balaban J connectivity index is 2.15. The number of aryl methyl sites for hydroxylation is 1. The third kappa shape index (κ3) is 3.97. The standard InChI is InChI=1S/C17H21N3O3/c1-12-6-4-7-14(10-12)20-13(2)15(11-18-20)17(23)19(3)9-5-8-16(21)22/h4,6-7,10-11H,5,8-9H2,1-3H3,(H,21,22). The van der Waals surface area contributed by atoms with Crippen LogP contribution >= 0.6 is 0 Å². The summed E-state index contributed by atoms with van der Waals surface area (Å²) in [5.74, 6) is -0.999. The van der Waals surface area contributed by atoms with Crippen molar-refractivity contribution in [2.75, 3.05) is 13.6 Å². The van der Waals surface area contributed by atoms with Gasteiger partial charge in [0, 0.05) is 20.0 Å². The molecule has 1 aromatic heterocycles. The van der Waals surface area contributed by atoms with Crippen LogP contribution in [0.2, 0.25) is 0 Å². The number of hydrogen-bond acceptors (Lipinski definition) is 3. The van der Waals surface area contributed by atoms with E-state index in [1.807, 2.05) is 38.1 Å². The molecule has 2 rings (SSSR count). The zero-order chi connectivity index (χ0) is 17.0. The van der Waals surface area contributed by atoms with Crippen LogP contribution < -0.4 is 0 Å². The minimum atomic E-state index is -0.853. The van der Waals surface area contributed by atoms with E-state index >= 15 is 0 Å². The van der Waals surface area contributed by atoms with Gasteiger partial charge in [-0.25, -0.2) is 4.68 Å². The molecule has 0 spiro atoms. The summed E-state index contributed by atoms with van der Waals surface area (Å²) in [4.78, 5) is 24.6. The highest BCUT2D eigenvalue weighted by molar-refractivity contribution is 5.95. The molecule has 0 bridgehead atoms. The first-order chi connectivity index (χ1) is 10.9. The minimum Gasteiger partial charge on any atom is -0.481 e. The summed E-state index contributed by atoms with van der Waals surface area (Å²) in [6, 6.07) is 7.90. The van der Waals surface area contributed by atoms with Crippen molar-refractivity contribution in [2.45, 2.75) is 26.7 Å². The number of carboxylic acid groups (broad SMARTS) is 1. The molecule has 1 amide bonds. The van der Waals surface area contributed by atoms with Gasteiger partial charge in [-0.1, -0.05) is 12.1 Å². The lowest BCUT2D eigenvalue weighted by molar-refractivity contribution is -0.137. The molecule has 0 saturated heterocycles. The number of aromatic nitrogens is 2. The average Bonchev–Trinajstić information content (AvgIpc) is 2.87. The monoisotopic (exact) mass is 315 g/mol. The number of aliphatic carboxylic acids is 1. The second-order valence-electron chi connectivity index (χ2n) is 5.62. The van der Waals surface area contributed by atoms with Crippen molar-refractivity contribution in [1.29, 1.82) is 0 Å². The molecule has 0 fully saturated rings. The Hall–Kier alpha value is -2.63. The Morgan fingerprint density at radius 3 is 2.70 bits per heavy atom. The van der Waals surface area contributed by atoms with Crippen LogP contribution in [0.4, 0.5) is 0 Å². The summed E-state index contributed by atoms with van der Waals surface area (Å²) in [6.45, 7) is 4.26. The Kier molecular flexibility index (Phi) is 5.16. The second kappa shape index (κ2) is 7.09. The second-order valence-corrected chi connectivity index (χ2v) is 5.62. The summed E-state index contributed by atoms with van der Waals surface area (Å²) in [5.41, 5.74) is 3.33. The molecule has 0 aliphatic rings. The van der Waals surface area contributed by atoms with Crippen molar-refractivity contribution >= 4 is 11.9 Å². The Bertz CT molecular complexity index is 722. The van der Waals surface area contributed by atoms with Crippen LogP contribution in [0, 0.1) is 13.8 Å². The van der Waals surface area contributed by atoms with Crippen molar-refractivity contribution < 1.29 is 14.7 Å². The summed E-state index contributed by atoms with van der Waals surface area (Å²) in [7, 11) is 1.67. The lowest BCUT2D eigenvalue weighted by Crippen LogP contribution is -2.28. The number of carboxylic acids is 1. The molecular weight excluding hydrogens is 294 g/mol. The normalized spacial score (nSPS) is 10.6. The maximum absolute atomic E-state index is 12.5. The first-order valence-corrected chi connectivity index (χ1v) is 7.49. The van der Waals surface area contributed by atoms with Crippen LogP contribution in [0.5, 0.6) is 0 Å². The summed E-state index contributed by atoms with van der Waals surface area (Å²) in [6.07, 6.45) is 2.05. The lowest BCUT2D eigenvalue weighted by atomic mass is 10.2. The highest BCUT2D eigenvalue weighted by Gasteiger charge is 2.18. The molecule has 6 nitrogen and oxygen atoms in total. The number of carbonyl (C=O) groups excluding carboxylic acids is 1. The van der Waals surface area contributed by atoms with Gasteiger partial charge < -0.3 is 10.0 Å². The number of hydrogen-bond donors (Lipinski definition) is 1. The van der Waals surface area contributed by atoms with E-state index in [9.17, 15) is 9.59 Å². The Morgan fingerprint density at radius 2 is 2.04 bits per heavy atom. The van der Waals surface area contributed by atoms with Crippen LogP contribution in [-0.2, 0) is 4.79 Å². The van der Waals surface area contributed by atoms with Gasteiger partial charge in [0.25, 0.3) is 5.91 Å². The molecule has 0 radical (unpaired) electrons. The van der Waals surface area contributed by atoms with E-state index < -0.39 is 5.97 Å². The first kappa shape index (κ1) is 16.7. The average molecular weight is 315 g/mol. The SMILES string of the molecule is Cc1cccc(-n2ncc(C(=O)N(C)CCCC(=O)O)c2C)c1. The van der Waals surface area contributed by atoms with E-state index in [-0.39, 0.29) is 12.3 Å². The minimum absolute atomic E-state index is 0.0547. The van der Waals surface area contributed by atoms with Crippen molar-refractivity contribution in [3.8, 4) is 5.69 Å². The van der Waals surface area contributed by atoms with Crippen LogP contribution in [0.25, 0.3) is 5.69 Å². The van der Waals surface area contributed by atoms with Gasteiger partial charge in [0.15, 0.2) is 0 Å². The molecule has 6 heteroatoms. The van der Waals surface area contributed by atoms with Crippen LogP contribution in [-0.4, -0.2) is 45.3 Å². The molecule has 23 heavy (non-hydrogen) atoms. The molecule has 1 aromatic carbocycles. The lowest BCUT2D eigenvalue weighted by Gasteiger charge is -2.16. The highest BCUT2D eigenvalue weighted by Crippen LogP contribution is 2.16. The van der Waals surface area contributed by atoms with Crippen molar-refractivity contribution in [3.63, 3.8) is 0 Å². The van der Waals surface area contributed by atoms with E-state index in [4.69, 9.17) is 5.11 Å². The largest absolute Gasteiger partial charge is 0.481 e. The first-order valence-electron chi connectivity index (χ1n) is 7.49. The van der Waals surface area contributed by atoms with E-state index in [0.29, 0.717) is 18.5 Å². The molecule has 122 valence electrons. The molecule has 0 unspecified atom stereocenters. The van der Waals surface area contributed by atoms with Crippen LogP contribution in [0.3, 0.4) is 0 Å². The smallest absolute Gasteiger partial charge is 0.303 e. The molecule has 0 saturated carbocycles. The number of benzene rings is 1. The third-order valence-electron chi connectivity index (χ3n) is 3.72. The maximum atomic E-state index is 12.5. The molecule has 2 aromatic rings. The zero-order valence-corrected chi connectivity index (χ0v) is 13.6. The topological polar surface area (TPSA) is 75.4 Å². The number of amides is 1. The predicted octanol–water partition coefficient (Wildman–Crippen LogP) is 2.43. The van der Waals surface area contributed by atoms with Gasteiger partial charge in [0.2, 0.25) is 0 Å². The number of rotatable bonds is 6. The Morgan fingerprint density at radius 1 is 1.30 bits per heavy atom. The molecular formula is C17H21N3O3.